The van der Waals surface area contributed by atoms with E-state index in [1.807, 2.05) is 30.0 Å². The molecule has 1 aromatic carbocycles. The summed E-state index contributed by atoms with van der Waals surface area (Å²) in [4.78, 5) is 14.2. The van der Waals surface area contributed by atoms with Gasteiger partial charge in [0.05, 0.1) is 0 Å². The van der Waals surface area contributed by atoms with Gasteiger partial charge in [0.1, 0.15) is 0 Å². The van der Waals surface area contributed by atoms with Crippen LogP contribution in [0, 0.1) is 6.92 Å². The van der Waals surface area contributed by atoms with E-state index in [0.717, 1.165) is 35.0 Å². The van der Waals surface area contributed by atoms with E-state index in [2.05, 4.69) is 15.9 Å². The minimum atomic E-state index is 0.105. The molecule has 1 fully saturated rings. The van der Waals surface area contributed by atoms with Crippen molar-refractivity contribution in [2.75, 3.05) is 13.1 Å². The quantitative estimate of drug-likeness (QED) is 0.910. The van der Waals surface area contributed by atoms with Crippen LogP contribution < -0.4 is 5.73 Å². The second-order valence-electron chi connectivity index (χ2n) is 4.49. The zero-order valence-electron chi connectivity index (χ0n) is 9.95. The average molecular weight is 297 g/mol. The van der Waals surface area contributed by atoms with Crippen molar-refractivity contribution in [1.82, 2.24) is 4.90 Å². The number of nitrogens with two attached hydrogens (primary N) is 1. The van der Waals surface area contributed by atoms with Crippen molar-refractivity contribution in [3.63, 3.8) is 0 Å². The van der Waals surface area contributed by atoms with Gasteiger partial charge in [0, 0.05) is 29.2 Å². The molecule has 0 saturated carbocycles. The third-order valence-corrected chi connectivity index (χ3v) is 4.20. The lowest BCUT2D eigenvalue weighted by Crippen LogP contribution is -2.39. The highest BCUT2D eigenvalue weighted by Gasteiger charge is 2.28. The minimum Gasteiger partial charge on any atom is -0.334 e. The van der Waals surface area contributed by atoms with Crippen LogP contribution >= 0.6 is 15.9 Å². The molecule has 1 unspecified atom stereocenters. The van der Waals surface area contributed by atoms with Crippen LogP contribution in [0.2, 0.25) is 0 Å². The monoisotopic (exact) mass is 296 g/mol. The topological polar surface area (TPSA) is 46.3 Å². The van der Waals surface area contributed by atoms with Crippen LogP contribution in [-0.4, -0.2) is 29.9 Å². The number of amides is 1. The molecule has 0 aliphatic carbocycles. The lowest BCUT2D eigenvalue weighted by molar-refractivity contribution is 0.0741. The van der Waals surface area contributed by atoms with E-state index >= 15 is 0 Å². The molecule has 1 aliphatic heterocycles. The number of hydrogen-bond donors (Lipinski definition) is 1. The number of aryl methyl sites for hydroxylation is 1. The summed E-state index contributed by atoms with van der Waals surface area (Å²) in [6, 6.07) is 5.94. The molecule has 0 bridgehead atoms. The van der Waals surface area contributed by atoms with Crippen molar-refractivity contribution < 1.29 is 4.79 Å². The van der Waals surface area contributed by atoms with Gasteiger partial charge < -0.3 is 10.6 Å². The summed E-state index contributed by atoms with van der Waals surface area (Å²) in [5.41, 5.74) is 7.53. The maximum atomic E-state index is 12.3. The van der Waals surface area contributed by atoms with Crippen LogP contribution in [0.4, 0.5) is 0 Å². The summed E-state index contributed by atoms with van der Waals surface area (Å²) in [7, 11) is 0. The van der Waals surface area contributed by atoms with E-state index in [4.69, 9.17) is 5.73 Å². The standard InChI is InChI=1S/C13H17BrN2O/c1-9-7-10(4-5-12(9)14)13(17)16-6-2-3-11(16)8-15/h4-5,7,11H,2-3,6,8,15H2,1H3. The van der Waals surface area contributed by atoms with Gasteiger partial charge in [-0.25, -0.2) is 0 Å². The van der Waals surface area contributed by atoms with E-state index < -0.39 is 0 Å². The van der Waals surface area contributed by atoms with Crippen LogP contribution in [0.5, 0.6) is 0 Å². The molecule has 1 amide bonds. The summed E-state index contributed by atoms with van der Waals surface area (Å²) in [5.74, 6) is 0.105. The molecule has 0 aromatic heterocycles. The van der Waals surface area contributed by atoms with Gasteiger partial charge in [-0.05, 0) is 43.5 Å². The molecule has 1 aromatic rings. The SMILES string of the molecule is Cc1cc(C(=O)N2CCCC2CN)ccc1Br. The molecule has 92 valence electrons. The van der Waals surface area contributed by atoms with Gasteiger partial charge in [0.15, 0.2) is 0 Å². The van der Waals surface area contributed by atoms with Crippen LogP contribution in [-0.2, 0) is 0 Å². The Kier molecular flexibility index (Phi) is 3.84. The van der Waals surface area contributed by atoms with Gasteiger partial charge in [0.2, 0.25) is 0 Å². The molecular formula is C13H17BrN2O. The third kappa shape index (κ3) is 2.53. The number of rotatable bonds is 2. The smallest absolute Gasteiger partial charge is 0.254 e. The highest BCUT2D eigenvalue weighted by molar-refractivity contribution is 9.10. The van der Waals surface area contributed by atoms with Gasteiger partial charge in [0.25, 0.3) is 5.91 Å². The fourth-order valence-corrected chi connectivity index (χ4v) is 2.54. The first-order chi connectivity index (χ1) is 8.13. The van der Waals surface area contributed by atoms with Crippen molar-refractivity contribution in [1.29, 1.82) is 0 Å². The number of likely N-dealkylation sites (tertiary alicyclic amines) is 1. The first-order valence-corrected chi connectivity index (χ1v) is 6.70. The number of benzene rings is 1. The zero-order chi connectivity index (χ0) is 12.4. The molecule has 3 nitrogen and oxygen atoms in total. The van der Waals surface area contributed by atoms with Crippen LogP contribution in [0.3, 0.4) is 0 Å². The van der Waals surface area contributed by atoms with E-state index in [1.165, 1.54) is 0 Å². The lowest BCUT2D eigenvalue weighted by atomic mass is 10.1. The molecule has 1 heterocycles. The summed E-state index contributed by atoms with van der Waals surface area (Å²) in [6.07, 6.45) is 2.08. The fourth-order valence-electron chi connectivity index (χ4n) is 2.29. The predicted octanol–water partition coefficient (Wildman–Crippen LogP) is 2.32. The Morgan fingerprint density at radius 2 is 2.35 bits per heavy atom. The molecule has 1 saturated heterocycles. The van der Waals surface area contributed by atoms with Crippen molar-refractivity contribution in [3.8, 4) is 0 Å². The molecule has 2 rings (SSSR count). The highest BCUT2D eigenvalue weighted by atomic mass is 79.9. The largest absolute Gasteiger partial charge is 0.334 e. The van der Waals surface area contributed by atoms with Crippen LogP contribution in [0.25, 0.3) is 0 Å². The third-order valence-electron chi connectivity index (χ3n) is 3.31. The summed E-state index contributed by atoms with van der Waals surface area (Å²) >= 11 is 3.44. The van der Waals surface area contributed by atoms with Gasteiger partial charge in [-0.15, -0.1) is 0 Å². The number of carbonyl (C=O) groups excluding carboxylic acids is 1. The van der Waals surface area contributed by atoms with Crippen LogP contribution in [0.15, 0.2) is 22.7 Å². The van der Waals surface area contributed by atoms with Gasteiger partial charge in [-0.3, -0.25) is 4.79 Å². The summed E-state index contributed by atoms with van der Waals surface area (Å²) < 4.78 is 1.03. The normalized spacial score (nSPS) is 19.7. The maximum Gasteiger partial charge on any atom is 0.254 e. The first kappa shape index (κ1) is 12.6. The molecule has 1 atom stereocenters. The van der Waals surface area contributed by atoms with Gasteiger partial charge >= 0.3 is 0 Å². The van der Waals surface area contributed by atoms with E-state index in [-0.39, 0.29) is 11.9 Å². The second kappa shape index (κ2) is 5.19. The Balaban J connectivity index is 2.21. The molecule has 4 heteroatoms. The molecule has 17 heavy (non-hydrogen) atoms. The van der Waals surface area contributed by atoms with Gasteiger partial charge in [-0.1, -0.05) is 15.9 Å². The number of nitrogens with zero attached hydrogens (tertiary/aromatic N) is 1. The van der Waals surface area contributed by atoms with Crippen molar-refractivity contribution in [2.45, 2.75) is 25.8 Å². The maximum absolute atomic E-state index is 12.3. The Labute approximate surface area is 110 Å². The summed E-state index contributed by atoms with van der Waals surface area (Å²) in [6.45, 7) is 3.38. The highest BCUT2D eigenvalue weighted by Crippen LogP contribution is 2.22. The molecule has 2 N–H and O–H groups in total. The van der Waals surface area contributed by atoms with Crippen molar-refractivity contribution >= 4 is 21.8 Å². The zero-order valence-corrected chi connectivity index (χ0v) is 11.5. The molecule has 1 aliphatic rings. The molecular weight excluding hydrogens is 280 g/mol. The predicted molar refractivity (Wildman–Crippen MR) is 72.0 cm³/mol. The number of carbonyl (C=O) groups is 1. The Morgan fingerprint density at radius 1 is 1.59 bits per heavy atom. The van der Waals surface area contributed by atoms with Crippen LogP contribution in [0.1, 0.15) is 28.8 Å². The summed E-state index contributed by atoms with van der Waals surface area (Å²) in [5, 5.41) is 0. The van der Waals surface area contributed by atoms with Gasteiger partial charge in [-0.2, -0.15) is 0 Å². The van der Waals surface area contributed by atoms with E-state index in [9.17, 15) is 4.79 Å². The second-order valence-corrected chi connectivity index (χ2v) is 5.35. The minimum absolute atomic E-state index is 0.105. The fraction of sp³-hybridized carbons (Fsp3) is 0.462. The first-order valence-electron chi connectivity index (χ1n) is 5.90. The number of hydrogen-bond acceptors (Lipinski definition) is 2. The molecule has 0 spiro atoms. The van der Waals surface area contributed by atoms with Crippen molar-refractivity contribution in [3.05, 3.63) is 33.8 Å². The Bertz CT molecular complexity index is 433. The van der Waals surface area contributed by atoms with E-state index in [0.29, 0.717) is 6.54 Å². The van der Waals surface area contributed by atoms with E-state index in [1.54, 1.807) is 0 Å². The Hall–Kier alpha value is -0.870. The van der Waals surface area contributed by atoms with Crippen molar-refractivity contribution in [2.24, 2.45) is 5.73 Å². The molecule has 0 radical (unpaired) electrons. The Morgan fingerprint density at radius 3 is 3.00 bits per heavy atom. The average Bonchev–Trinajstić information content (AvgIpc) is 2.80. The number of halogens is 1. The lowest BCUT2D eigenvalue weighted by Gasteiger charge is -2.23.